The number of pyridine rings is 1. The molecule has 1 unspecified atom stereocenters. The highest BCUT2D eigenvalue weighted by Gasteiger charge is 2.32. The molecule has 1 N–H and O–H groups in total. The van der Waals surface area contributed by atoms with E-state index in [4.69, 9.17) is 0 Å². The normalized spacial score (nSPS) is 15.7. The number of nitrogens with zero attached hydrogens (tertiary/aromatic N) is 2. The van der Waals surface area contributed by atoms with Gasteiger partial charge in [0.1, 0.15) is 0 Å². The molecular weight excluding hydrogens is 434 g/mol. The van der Waals surface area contributed by atoms with Crippen molar-refractivity contribution in [2.24, 2.45) is 0 Å². The Morgan fingerprint density at radius 3 is 2.06 bits per heavy atom. The van der Waals surface area contributed by atoms with Gasteiger partial charge in [0.05, 0.1) is 21.5 Å². The van der Waals surface area contributed by atoms with Gasteiger partial charge in [-0.3, -0.25) is 4.98 Å². The minimum absolute atomic E-state index is 0.0113. The van der Waals surface area contributed by atoms with Crippen molar-refractivity contribution in [1.29, 1.82) is 0 Å². The van der Waals surface area contributed by atoms with Gasteiger partial charge in [0.2, 0.25) is 20.0 Å². The molecule has 0 aliphatic heterocycles. The van der Waals surface area contributed by atoms with Crippen LogP contribution < -0.4 is 4.72 Å². The Kier molecular flexibility index (Phi) is 5.94. The summed E-state index contributed by atoms with van der Waals surface area (Å²) in [5.74, 6) is 0. The van der Waals surface area contributed by atoms with Gasteiger partial charge < -0.3 is 0 Å². The molecule has 0 amide bonds. The zero-order chi connectivity index (χ0) is 22.1. The summed E-state index contributed by atoms with van der Waals surface area (Å²) in [6.07, 6.45) is 3.27. The van der Waals surface area contributed by atoms with Crippen molar-refractivity contribution in [1.82, 2.24) is 14.0 Å². The first kappa shape index (κ1) is 21.6. The van der Waals surface area contributed by atoms with E-state index in [1.54, 1.807) is 18.3 Å². The van der Waals surface area contributed by atoms with Crippen molar-refractivity contribution < 1.29 is 16.8 Å². The van der Waals surface area contributed by atoms with Gasteiger partial charge in [0.15, 0.2) is 0 Å². The summed E-state index contributed by atoms with van der Waals surface area (Å²) in [7, 11) is -6.08. The monoisotopic (exact) mass is 457 g/mol. The fourth-order valence-corrected chi connectivity index (χ4v) is 5.95. The molecule has 0 radical (unpaired) electrons. The van der Waals surface area contributed by atoms with Crippen LogP contribution in [0.2, 0.25) is 0 Å². The first-order valence-electron chi connectivity index (χ1n) is 9.85. The minimum Gasteiger partial charge on any atom is -0.259 e. The fourth-order valence-electron chi connectivity index (χ4n) is 3.32. The van der Waals surface area contributed by atoms with Crippen LogP contribution in [0.5, 0.6) is 0 Å². The van der Waals surface area contributed by atoms with E-state index in [2.05, 4.69) is 9.71 Å². The SMILES string of the molecule is CN(C(c1ccccc1)c1ccccn1)S(=O)(=O)c1ccc(S(=O)(=O)NC2CC2)cc1. The van der Waals surface area contributed by atoms with Crippen molar-refractivity contribution >= 4 is 20.0 Å². The number of hydrogen-bond donors (Lipinski definition) is 1. The van der Waals surface area contributed by atoms with E-state index in [0.717, 1.165) is 18.4 Å². The number of aromatic nitrogens is 1. The molecule has 0 spiro atoms. The minimum atomic E-state index is -3.93. The highest BCUT2D eigenvalue weighted by Crippen LogP contribution is 2.31. The molecule has 0 saturated heterocycles. The van der Waals surface area contributed by atoms with Gasteiger partial charge in [0, 0.05) is 19.3 Å². The van der Waals surface area contributed by atoms with E-state index in [9.17, 15) is 16.8 Å². The van der Waals surface area contributed by atoms with Crippen LogP contribution in [0, 0.1) is 0 Å². The zero-order valence-electron chi connectivity index (χ0n) is 16.9. The lowest BCUT2D eigenvalue weighted by Crippen LogP contribution is -2.32. The average Bonchev–Trinajstić information content (AvgIpc) is 3.59. The number of sulfonamides is 2. The maximum atomic E-state index is 13.4. The van der Waals surface area contributed by atoms with Crippen molar-refractivity contribution in [3.63, 3.8) is 0 Å². The van der Waals surface area contributed by atoms with Gasteiger partial charge in [-0.1, -0.05) is 36.4 Å². The van der Waals surface area contributed by atoms with E-state index in [1.807, 2.05) is 36.4 Å². The molecule has 2 aromatic carbocycles. The summed E-state index contributed by atoms with van der Waals surface area (Å²) in [5.41, 5.74) is 1.37. The Balaban J connectivity index is 1.67. The van der Waals surface area contributed by atoms with Crippen molar-refractivity contribution in [3.05, 3.63) is 90.3 Å². The predicted octanol–water partition coefficient (Wildman–Crippen LogP) is 2.93. The third-order valence-corrected chi connectivity index (χ3v) is 8.53. The molecule has 7 nitrogen and oxygen atoms in total. The van der Waals surface area contributed by atoms with Crippen LogP contribution in [-0.2, 0) is 20.0 Å². The van der Waals surface area contributed by atoms with Gasteiger partial charge in [0.25, 0.3) is 0 Å². The molecule has 31 heavy (non-hydrogen) atoms. The molecule has 9 heteroatoms. The van der Waals surface area contributed by atoms with E-state index in [1.165, 1.54) is 35.6 Å². The van der Waals surface area contributed by atoms with E-state index >= 15 is 0 Å². The summed E-state index contributed by atoms with van der Waals surface area (Å²) in [6, 6.07) is 19.3. The second-order valence-electron chi connectivity index (χ2n) is 7.46. The largest absolute Gasteiger partial charge is 0.259 e. The lowest BCUT2D eigenvalue weighted by molar-refractivity contribution is 0.412. The van der Waals surface area contributed by atoms with E-state index < -0.39 is 26.1 Å². The molecule has 3 aromatic rings. The number of benzene rings is 2. The maximum absolute atomic E-state index is 13.4. The third-order valence-electron chi connectivity index (χ3n) is 5.16. The van der Waals surface area contributed by atoms with Gasteiger partial charge in [-0.15, -0.1) is 0 Å². The van der Waals surface area contributed by atoms with Gasteiger partial charge in [-0.05, 0) is 54.8 Å². The van der Waals surface area contributed by atoms with Crippen molar-refractivity contribution in [2.75, 3.05) is 7.05 Å². The second-order valence-corrected chi connectivity index (χ2v) is 11.2. The Morgan fingerprint density at radius 2 is 1.48 bits per heavy atom. The maximum Gasteiger partial charge on any atom is 0.243 e. The quantitative estimate of drug-likeness (QED) is 0.561. The zero-order valence-corrected chi connectivity index (χ0v) is 18.6. The molecule has 1 aliphatic rings. The molecule has 1 fully saturated rings. The van der Waals surface area contributed by atoms with E-state index in [-0.39, 0.29) is 15.8 Å². The van der Waals surface area contributed by atoms with Crippen molar-refractivity contribution in [2.45, 2.75) is 34.7 Å². The Morgan fingerprint density at radius 1 is 0.871 bits per heavy atom. The molecule has 1 saturated carbocycles. The van der Waals surface area contributed by atoms with Crippen LogP contribution >= 0.6 is 0 Å². The van der Waals surface area contributed by atoms with Crippen LogP contribution in [0.4, 0.5) is 0 Å². The summed E-state index contributed by atoms with van der Waals surface area (Å²) < 4.78 is 55.4. The fraction of sp³-hybridized carbons (Fsp3) is 0.227. The van der Waals surface area contributed by atoms with Crippen LogP contribution in [-0.4, -0.2) is 39.2 Å². The molecular formula is C22H23N3O4S2. The molecule has 1 aromatic heterocycles. The average molecular weight is 458 g/mol. The molecule has 1 atom stereocenters. The first-order valence-corrected chi connectivity index (χ1v) is 12.8. The number of nitrogens with one attached hydrogen (secondary N) is 1. The van der Waals surface area contributed by atoms with Crippen LogP contribution in [0.1, 0.15) is 30.1 Å². The smallest absolute Gasteiger partial charge is 0.243 e. The molecule has 4 rings (SSSR count). The molecule has 1 heterocycles. The molecule has 0 bridgehead atoms. The molecule has 162 valence electrons. The second kappa shape index (κ2) is 8.51. The van der Waals surface area contributed by atoms with E-state index in [0.29, 0.717) is 5.69 Å². The lowest BCUT2D eigenvalue weighted by atomic mass is 10.0. The summed E-state index contributed by atoms with van der Waals surface area (Å²) in [5, 5.41) is 0. The van der Waals surface area contributed by atoms with Gasteiger partial charge >= 0.3 is 0 Å². The van der Waals surface area contributed by atoms with Gasteiger partial charge in [-0.25, -0.2) is 21.6 Å². The number of hydrogen-bond acceptors (Lipinski definition) is 5. The van der Waals surface area contributed by atoms with Crippen LogP contribution in [0.25, 0.3) is 0 Å². The first-order chi connectivity index (χ1) is 14.8. The van der Waals surface area contributed by atoms with Crippen molar-refractivity contribution in [3.8, 4) is 0 Å². The van der Waals surface area contributed by atoms with Crippen LogP contribution in [0.3, 0.4) is 0 Å². The molecule has 1 aliphatic carbocycles. The summed E-state index contributed by atoms with van der Waals surface area (Å²) in [4.78, 5) is 4.43. The van der Waals surface area contributed by atoms with Gasteiger partial charge in [-0.2, -0.15) is 4.31 Å². The Bertz CT molecular complexity index is 1200. The topological polar surface area (TPSA) is 96.4 Å². The lowest BCUT2D eigenvalue weighted by Gasteiger charge is -2.27. The standard InChI is InChI=1S/C22H23N3O4S2/c1-25(22(17-7-3-2-4-8-17)21-9-5-6-16-23-21)31(28,29)20-14-12-19(13-15-20)30(26,27)24-18-10-11-18/h2-9,12-16,18,22,24H,10-11H2,1H3. The Labute approximate surface area is 182 Å². The number of rotatable bonds is 8. The third kappa shape index (κ3) is 4.69. The highest BCUT2D eigenvalue weighted by atomic mass is 32.2. The van der Waals surface area contributed by atoms with Crippen LogP contribution in [0.15, 0.2) is 88.8 Å². The highest BCUT2D eigenvalue weighted by molar-refractivity contribution is 7.89. The predicted molar refractivity (Wildman–Crippen MR) is 117 cm³/mol. The summed E-state index contributed by atoms with van der Waals surface area (Å²) in [6.45, 7) is 0. The Hall–Kier alpha value is -2.59. The summed E-state index contributed by atoms with van der Waals surface area (Å²) >= 11 is 0.